The molecule has 6 nitrogen and oxygen atoms in total. The molecule has 0 aliphatic rings. The molecule has 0 unspecified atom stereocenters. The van der Waals surface area contributed by atoms with Gasteiger partial charge in [-0.25, -0.2) is 5.43 Å². The summed E-state index contributed by atoms with van der Waals surface area (Å²) in [6, 6.07) is 9.26. The smallest absolute Gasteiger partial charge is 0.267 e. The summed E-state index contributed by atoms with van der Waals surface area (Å²) in [7, 11) is 0. The monoisotopic (exact) mass is 367 g/mol. The molecule has 0 bridgehead atoms. The van der Waals surface area contributed by atoms with Crippen molar-refractivity contribution in [3.05, 3.63) is 60.7 Å². The highest BCUT2D eigenvalue weighted by Crippen LogP contribution is 2.22. The third-order valence-electron chi connectivity index (χ3n) is 2.57. The fourth-order valence-corrected chi connectivity index (χ4v) is 2.85. The van der Waals surface area contributed by atoms with E-state index < -0.39 is 10.8 Å². The molecule has 8 heteroatoms. The quantitative estimate of drug-likeness (QED) is 0.509. The Bertz CT molecular complexity index is 727. The fourth-order valence-electron chi connectivity index (χ4n) is 1.52. The standard InChI is InChI=1S/C13H10BrN3O3S/c1-8(11-5-6-12(14)21-11)15-16-13(18)9-3-2-4-10(7-9)17(19)20/h2-7H,1H3,(H,16,18)/b15-8-. The van der Waals surface area contributed by atoms with Gasteiger partial charge < -0.3 is 0 Å². The maximum atomic E-state index is 11.9. The lowest BCUT2D eigenvalue weighted by molar-refractivity contribution is -0.384. The van der Waals surface area contributed by atoms with Crippen LogP contribution < -0.4 is 5.43 Å². The molecule has 2 rings (SSSR count). The van der Waals surface area contributed by atoms with E-state index in [2.05, 4.69) is 26.5 Å². The number of amides is 1. The maximum absolute atomic E-state index is 11.9. The minimum Gasteiger partial charge on any atom is -0.267 e. The van der Waals surface area contributed by atoms with Gasteiger partial charge in [0, 0.05) is 17.7 Å². The number of thiophene rings is 1. The zero-order chi connectivity index (χ0) is 15.4. The SMILES string of the molecule is C/C(=N/NC(=O)c1cccc([N+](=O)[O-])c1)c1ccc(Br)s1. The van der Waals surface area contributed by atoms with Crippen LogP contribution in [0.3, 0.4) is 0 Å². The number of hydrogen-bond acceptors (Lipinski definition) is 5. The Balaban J connectivity index is 2.11. The Labute approximate surface area is 132 Å². The van der Waals surface area contributed by atoms with Gasteiger partial charge in [-0.3, -0.25) is 14.9 Å². The molecule has 0 aliphatic carbocycles. The summed E-state index contributed by atoms with van der Waals surface area (Å²) in [6.07, 6.45) is 0. The van der Waals surface area contributed by atoms with Gasteiger partial charge in [0.15, 0.2) is 0 Å². The molecule has 0 saturated carbocycles. The molecular weight excluding hydrogens is 358 g/mol. The number of halogens is 1. The van der Waals surface area contributed by atoms with Gasteiger partial charge >= 0.3 is 0 Å². The number of rotatable bonds is 4. The number of nitro groups is 1. The van der Waals surface area contributed by atoms with Crippen molar-refractivity contribution in [3.63, 3.8) is 0 Å². The molecule has 0 radical (unpaired) electrons. The van der Waals surface area contributed by atoms with Crippen molar-refractivity contribution in [2.45, 2.75) is 6.92 Å². The van der Waals surface area contributed by atoms with Crippen molar-refractivity contribution in [2.24, 2.45) is 5.10 Å². The zero-order valence-electron chi connectivity index (χ0n) is 10.9. The molecule has 1 heterocycles. The molecule has 0 spiro atoms. The molecule has 1 N–H and O–H groups in total. The van der Waals surface area contributed by atoms with E-state index in [9.17, 15) is 14.9 Å². The molecule has 0 atom stereocenters. The fraction of sp³-hybridized carbons (Fsp3) is 0.0769. The van der Waals surface area contributed by atoms with E-state index in [1.165, 1.54) is 35.6 Å². The molecular formula is C13H10BrN3O3S. The molecule has 0 saturated heterocycles. The van der Waals surface area contributed by atoms with Crippen LogP contribution >= 0.6 is 27.3 Å². The van der Waals surface area contributed by atoms with Crippen LogP contribution in [0.4, 0.5) is 5.69 Å². The van der Waals surface area contributed by atoms with Crippen molar-refractivity contribution in [2.75, 3.05) is 0 Å². The number of carbonyl (C=O) groups is 1. The van der Waals surface area contributed by atoms with Gasteiger partial charge in [0.25, 0.3) is 11.6 Å². The highest BCUT2D eigenvalue weighted by Gasteiger charge is 2.11. The summed E-state index contributed by atoms with van der Waals surface area (Å²) in [4.78, 5) is 23.0. The van der Waals surface area contributed by atoms with Crippen LogP contribution in [0.25, 0.3) is 0 Å². The number of hydrazone groups is 1. The Morgan fingerprint density at radius 2 is 2.14 bits per heavy atom. The Morgan fingerprint density at radius 3 is 2.76 bits per heavy atom. The number of nitrogens with one attached hydrogen (secondary N) is 1. The Kier molecular flexibility index (Phi) is 4.81. The summed E-state index contributed by atoms with van der Waals surface area (Å²) in [5, 5.41) is 14.7. The van der Waals surface area contributed by atoms with Gasteiger partial charge in [0.05, 0.1) is 19.3 Å². The van der Waals surface area contributed by atoms with Gasteiger partial charge in [0.1, 0.15) is 0 Å². The Morgan fingerprint density at radius 1 is 1.38 bits per heavy atom. The minimum atomic E-state index is -0.547. The third kappa shape index (κ3) is 3.96. The number of non-ortho nitro benzene ring substituents is 1. The highest BCUT2D eigenvalue weighted by atomic mass is 79.9. The first-order valence-corrected chi connectivity index (χ1v) is 7.43. The summed E-state index contributed by atoms with van der Waals surface area (Å²) in [5.41, 5.74) is 3.10. The first-order valence-electron chi connectivity index (χ1n) is 5.82. The molecule has 2 aromatic rings. The topological polar surface area (TPSA) is 84.6 Å². The van der Waals surface area contributed by atoms with Gasteiger partial charge in [-0.15, -0.1) is 11.3 Å². The Hall–Kier alpha value is -2.06. The van der Waals surface area contributed by atoms with Crippen LogP contribution in [0, 0.1) is 10.1 Å². The minimum absolute atomic E-state index is 0.134. The van der Waals surface area contributed by atoms with Crippen molar-refractivity contribution < 1.29 is 9.72 Å². The van der Waals surface area contributed by atoms with E-state index in [1.54, 1.807) is 6.92 Å². The average molecular weight is 368 g/mol. The molecule has 1 amide bonds. The second-order valence-electron chi connectivity index (χ2n) is 4.05. The van der Waals surface area contributed by atoms with E-state index in [4.69, 9.17) is 0 Å². The lowest BCUT2D eigenvalue weighted by Gasteiger charge is -2.01. The number of carbonyl (C=O) groups excluding carboxylic acids is 1. The van der Waals surface area contributed by atoms with Crippen molar-refractivity contribution in [1.82, 2.24) is 5.43 Å². The highest BCUT2D eigenvalue weighted by molar-refractivity contribution is 9.11. The van der Waals surface area contributed by atoms with Crippen LogP contribution in [0.5, 0.6) is 0 Å². The summed E-state index contributed by atoms with van der Waals surface area (Å²) in [5.74, 6) is -0.492. The first-order chi connectivity index (χ1) is 9.97. The molecule has 1 aromatic heterocycles. The summed E-state index contributed by atoms with van der Waals surface area (Å²) >= 11 is 4.85. The van der Waals surface area contributed by atoms with Crippen molar-refractivity contribution in [3.8, 4) is 0 Å². The lowest BCUT2D eigenvalue weighted by Crippen LogP contribution is -2.19. The number of hydrogen-bond donors (Lipinski definition) is 1. The van der Waals surface area contributed by atoms with E-state index in [0.717, 1.165) is 8.66 Å². The van der Waals surface area contributed by atoms with Gasteiger partial charge in [0.2, 0.25) is 0 Å². The predicted octanol–water partition coefficient (Wildman–Crippen LogP) is 3.57. The van der Waals surface area contributed by atoms with E-state index in [-0.39, 0.29) is 11.3 Å². The van der Waals surface area contributed by atoms with Crippen LogP contribution in [0.1, 0.15) is 22.2 Å². The molecule has 21 heavy (non-hydrogen) atoms. The molecule has 0 aliphatic heterocycles. The largest absolute Gasteiger partial charge is 0.271 e. The normalized spacial score (nSPS) is 11.2. The second-order valence-corrected chi connectivity index (χ2v) is 6.51. The summed E-state index contributed by atoms with van der Waals surface area (Å²) in [6.45, 7) is 1.77. The second kappa shape index (κ2) is 6.59. The number of benzene rings is 1. The van der Waals surface area contributed by atoms with Gasteiger partial charge in [-0.05, 0) is 41.1 Å². The summed E-state index contributed by atoms with van der Waals surface area (Å²) < 4.78 is 0.970. The average Bonchev–Trinajstić information content (AvgIpc) is 2.91. The lowest BCUT2D eigenvalue weighted by atomic mass is 10.2. The number of nitro benzene ring substituents is 1. The molecule has 108 valence electrons. The van der Waals surface area contributed by atoms with Crippen LogP contribution in [-0.4, -0.2) is 16.5 Å². The zero-order valence-corrected chi connectivity index (χ0v) is 13.3. The third-order valence-corrected chi connectivity index (χ3v) is 4.31. The van der Waals surface area contributed by atoms with Crippen molar-refractivity contribution >= 4 is 44.6 Å². The number of nitrogens with zero attached hydrogens (tertiary/aromatic N) is 2. The maximum Gasteiger partial charge on any atom is 0.271 e. The van der Waals surface area contributed by atoms with Gasteiger partial charge in [-0.2, -0.15) is 5.10 Å². The molecule has 0 fully saturated rings. The van der Waals surface area contributed by atoms with Crippen LogP contribution in [0.2, 0.25) is 0 Å². The first kappa shape index (κ1) is 15.3. The van der Waals surface area contributed by atoms with E-state index >= 15 is 0 Å². The van der Waals surface area contributed by atoms with Crippen LogP contribution in [0.15, 0.2) is 45.3 Å². The predicted molar refractivity (Wildman–Crippen MR) is 84.8 cm³/mol. The van der Waals surface area contributed by atoms with E-state index in [0.29, 0.717) is 5.71 Å². The van der Waals surface area contributed by atoms with Gasteiger partial charge in [-0.1, -0.05) is 6.07 Å². The van der Waals surface area contributed by atoms with Crippen molar-refractivity contribution in [1.29, 1.82) is 0 Å². The van der Waals surface area contributed by atoms with Crippen LogP contribution in [-0.2, 0) is 0 Å². The molecule has 1 aromatic carbocycles. The van der Waals surface area contributed by atoms with E-state index in [1.807, 2.05) is 12.1 Å².